The first-order valence-electron chi connectivity index (χ1n) is 6.92. The number of aryl methyl sites for hydroxylation is 1. The summed E-state index contributed by atoms with van der Waals surface area (Å²) in [6, 6.07) is 7.12. The van der Waals surface area contributed by atoms with E-state index >= 15 is 0 Å². The van der Waals surface area contributed by atoms with Crippen LogP contribution < -0.4 is 5.32 Å². The molecule has 0 fully saturated rings. The number of nitrogens with one attached hydrogen (secondary N) is 1. The fourth-order valence-electron chi connectivity index (χ4n) is 2.13. The van der Waals surface area contributed by atoms with Crippen LogP contribution in [0.4, 0.5) is 5.69 Å². The highest BCUT2D eigenvalue weighted by molar-refractivity contribution is 9.10. The van der Waals surface area contributed by atoms with Crippen molar-refractivity contribution in [3.63, 3.8) is 0 Å². The fraction of sp³-hybridized carbons (Fsp3) is 0.250. The number of carbonyl (C=O) groups excluding carboxylic acids is 1. The second kappa shape index (κ2) is 5.61. The third-order valence-electron chi connectivity index (χ3n) is 3.25. The van der Waals surface area contributed by atoms with Gasteiger partial charge in [-0.15, -0.1) is 0 Å². The van der Waals surface area contributed by atoms with Crippen LogP contribution >= 0.6 is 15.9 Å². The molecule has 0 aliphatic carbocycles. The summed E-state index contributed by atoms with van der Waals surface area (Å²) in [6.45, 7) is 5.86. The number of anilines is 1. The van der Waals surface area contributed by atoms with Crippen LogP contribution in [0.15, 0.2) is 37.8 Å². The highest BCUT2D eigenvalue weighted by atomic mass is 79.9. The minimum Gasteiger partial charge on any atom is -0.444 e. The van der Waals surface area contributed by atoms with Gasteiger partial charge in [0, 0.05) is 17.2 Å². The van der Waals surface area contributed by atoms with Crippen molar-refractivity contribution in [1.29, 1.82) is 0 Å². The SMILES string of the molecule is Cc1cc(Br)oc1C(=O)Nc1ccc2oc(C(C)C)nc2c1. The molecule has 0 radical (unpaired) electrons. The number of rotatable bonds is 3. The Bertz CT molecular complexity index is 848. The third kappa shape index (κ3) is 2.78. The zero-order valence-electron chi connectivity index (χ0n) is 12.4. The van der Waals surface area contributed by atoms with E-state index in [0.717, 1.165) is 11.1 Å². The molecular weight excluding hydrogens is 348 g/mol. The Morgan fingerprint density at radius 3 is 2.68 bits per heavy atom. The average Bonchev–Trinajstić information content (AvgIpc) is 3.01. The van der Waals surface area contributed by atoms with Gasteiger partial charge >= 0.3 is 0 Å². The van der Waals surface area contributed by atoms with E-state index in [9.17, 15) is 4.79 Å². The van der Waals surface area contributed by atoms with Crippen LogP contribution in [0.2, 0.25) is 0 Å². The lowest BCUT2D eigenvalue weighted by molar-refractivity contribution is 0.0994. The van der Waals surface area contributed by atoms with Gasteiger partial charge in [0.2, 0.25) is 0 Å². The quantitative estimate of drug-likeness (QED) is 0.721. The first-order chi connectivity index (χ1) is 10.4. The summed E-state index contributed by atoms with van der Waals surface area (Å²) in [5, 5.41) is 2.81. The average molecular weight is 363 g/mol. The largest absolute Gasteiger partial charge is 0.444 e. The van der Waals surface area contributed by atoms with Gasteiger partial charge in [-0.1, -0.05) is 13.8 Å². The van der Waals surface area contributed by atoms with Crippen LogP contribution in [0.1, 0.15) is 41.8 Å². The first-order valence-corrected chi connectivity index (χ1v) is 7.71. The summed E-state index contributed by atoms with van der Waals surface area (Å²) in [7, 11) is 0. The Morgan fingerprint density at radius 1 is 1.27 bits per heavy atom. The highest BCUT2D eigenvalue weighted by Gasteiger charge is 2.16. The van der Waals surface area contributed by atoms with E-state index in [1.54, 1.807) is 24.3 Å². The Morgan fingerprint density at radius 2 is 2.05 bits per heavy atom. The minimum absolute atomic E-state index is 0.216. The molecule has 0 saturated carbocycles. The lowest BCUT2D eigenvalue weighted by Gasteiger charge is -2.03. The van der Waals surface area contributed by atoms with E-state index in [1.807, 2.05) is 20.8 Å². The molecule has 0 spiro atoms. The molecule has 114 valence electrons. The molecule has 0 unspecified atom stereocenters. The normalized spacial score (nSPS) is 11.3. The second-order valence-electron chi connectivity index (χ2n) is 5.41. The van der Waals surface area contributed by atoms with Gasteiger partial charge in [-0.2, -0.15) is 0 Å². The van der Waals surface area contributed by atoms with E-state index in [4.69, 9.17) is 8.83 Å². The van der Waals surface area contributed by atoms with Crippen LogP contribution in [0.5, 0.6) is 0 Å². The smallest absolute Gasteiger partial charge is 0.291 e. The van der Waals surface area contributed by atoms with Gasteiger partial charge in [-0.25, -0.2) is 4.98 Å². The Hall–Kier alpha value is -2.08. The molecule has 6 heteroatoms. The van der Waals surface area contributed by atoms with Crippen molar-refractivity contribution >= 4 is 38.6 Å². The summed E-state index contributed by atoms with van der Waals surface area (Å²) < 4.78 is 11.5. The number of halogens is 1. The topological polar surface area (TPSA) is 68.3 Å². The van der Waals surface area contributed by atoms with Gasteiger partial charge in [0.25, 0.3) is 5.91 Å². The molecule has 3 aromatic rings. The molecule has 0 aliphatic heterocycles. The van der Waals surface area contributed by atoms with E-state index in [2.05, 4.69) is 26.2 Å². The molecule has 0 aliphatic rings. The number of nitrogens with zero attached hydrogens (tertiary/aromatic N) is 1. The van der Waals surface area contributed by atoms with Crippen molar-refractivity contribution < 1.29 is 13.6 Å². The number of oxazole rings is 1. The van der Waals surface area contributed by atoms with Crippen LogP contribution in [-0.2, 0) is 0 Å². The fourth-order valence-corrected chi connectivity index (χ4v) is 2.63. The Labute approximate surface area is 135 Å². The lowest BCUT2D eigenvalue weighted by Crippen LogP contribution is -2.11. The molecule has 0 atom stereocenters. The Balaban J connectivity index is 1.87. The number of benzene rings is 1. The van der Waals surface area contributed by atoms with Crippen LogP contribution in [0.25, 0.3) is 11.1 Å². The molecule has 0 saturated heterocycles. The molecule has 1 N–H and O–H groups in total. The zero-order chi connectivity index (χ0) is 15.9. The number of amides is 1. The van der Waals surface area contributed by atoms with Gasteiger partial charge < -0.3 is 14.2 Å². The van der Waals surface area contributed by atoms with Gasteiger partial charge in [0.05, 0.1) is 0 Å². The highest BCUT2D eigenvalue weighted by Crippen LogP contribution is 2.25. The number of hydrogen-bond donors (Lipinski definition) is 1. The maximum atomic E-state index is 12.2. The van der Waals surface area contributed by atoms with Crippen molar-refractivity contribution in [3.05, 3.63) is 46.1 Å². The lowest BCUT2D eigenvalue weighted by atomic mass is 10.2. The summed E-state index contributed by atoms with van der Waals surface area (Å²) in [5.41, 5.74) is 2.85. The summed E-state index contributed by atoms with van der Waals surface area (Å²) in [4.78, 5) is 16.7. The summed E-state index contributed by atoms with van der Waals surface area (Å²) in [5.74, 6) is 0.892. The van der Waals surface area contributed by atoms with E-state index in [0.29, 0.717) is 21.8 Å². The molecule has 2 aromatic heterocycles. The molecule has 5 nitrogen and oxygen atoms in total. The maximum Gasteiger partial charge on any atom is 0.291 e. The predicted octanol–water partition coefficient (Wildman–Crippen LogP) is 4.87. The molecule has 22 heavy (non-hydrogen) atoms. The van der Waals surface area contributed by atoms with Crippen molar-refractivity contribution in [2.24, 2.45) is 0 Å². The monoisotopic (exact) mass is 362 g/mol. The predicted molar refractivity (Wildman–Crippen MR) is 87.2 cm³/mol. The Kier molecular flexibility index (Phi) is 3.78. The molecule has 1 amide bonds. The molecule has 2 heterocycles. The maximum absolute atomic E-state index is 12.2. The van der Waals surface area contributed by atoms with Gasteiger partial charge in [0.15, 0.2) is 21.9 Å². The number of hydrogen-bond acceptors (Lipinski definition) is 4. The minimum atomic E-state index is -0.296. The van der Waals surface area contributed by atoms with Crippen LogP contribution in [0.3, 0.4) is 0 Å². The molecule has 0 bridgehead atoms. The van der Waals surface area contributed by atoms with Crippen molar-refractivity contribution in [2.45, 2.75) is 26.7 Å². The number of furan rings is 1. The molecule has 3 rings (SSSR count). The number of aromatic nitrogens is 1. The van der Waals surface area contributed by atoms with Crippen LogP contribution in [0, 0.1) is 6.92 Å². The van der Waals surface area contributed by atoms with E-state index < -0.39 is 0 Å². The van der Waals surface area contributed by atoms with Crippen LogP contribution in [-0.4, -0.2) is 10.9 Å². The van der Waals surface area contributed by atoms with E-state index in [1.165, 1.54) is 0 Å². The first kappa shape index (κ1) is 14.8. The summed E-state index contributed by atoms with van der Waals surface area (Å²) in [6.07, 6.45) is 0. The second-order valence-corrected chi connectivity index (χ2v) is 6.19. The van der Waals surface area contributed by atoms with Gasteiger partial charge in [-0.3, -0.25) is 4.79 Å². The third-order valence-corrected chi connectivity index (χ3v) is 3.64. The summed E-state index contributed by atoms with van der Waals surface area (Å²) >= 11 is 3.22. The van der Waals surface area contributed by atoms with Crippen molar-refractivity contribution in [3.8, 4) is 0 Å². The van der Waals surface area contributed by atoms with Crippen molar-refractivity contribution in [2.75, 3.05) is 5.32 Å². The number of fused-ring (bicyclic) bond motifs is 1. The van der Waals surface area contributed by atoms with Crippen molar-refractivity contribution in [1.82, 2.24) is 4.98 Å². The molecule has 1 aromatic carbocycles. The van der Waals surface area contributed by atoms with E-state index in [-0.39, 0.29) is 17.6 Å². The number of carbonyl (C=O) groups is 1. The molecular formula is C16H15BrN2O3. The van der Waals surface area contributed by atoms with Gasteiger partial charge in [0.1, 0.15) is 5.52 Å². The zero-order valence-corrected chi connectivity index (χ0v) is 14.0. The standard InChI is InChI=1S/C16H15BrN2O3/c1-8(2)16-19-11-7-10(4-5-12(11)21-16)18-15(20)14-9(3)6-13(17)22-14/h4-8H,1-3H3,(H,18,20). The van der Waals surface area contributed by atoms with Gasteiger partial charge in [-0.05, 0) is 47.1 Å².